The molecule has 1 heterocycles. The lowest BCUT2D eigenvalue weighted by atomic mass is 9.93. The Morgan fingerprint density at radius 2 is 2.00 bits per heavy atom. The van der Waals surface area contributed by atoms with E-state index in [2.05, 4.69) is 0 Å². The molecule has 102 valence electrons. The molecule has 0 aliphatic carbocycles. The quantitative estimate of drug-likeness (QED) is 0.812. The molecule has 0 saturated heterocycles. The van der Waals surface area contributed by atoms with Gasteiger partial charge in [0.15, 0.2) is 0 Å². The Hall–Kier alpha value is -1.88. The van der Waals surface area contributed by atoms with E-state index in [0.717, 1.165) is 11.1 Å². The van der Waals surface area contributed by atoms with Crippen molar-refractivity contribution in [1.82, 2.24) is 4.90 Å². The van der Waals surface area contributed by atoms with Crippen molar-refractivity contribution in [2.45, 2.75) is 38.4 Å². The summed E-state index contributed by atoms with van der Waals surface area (Å²) in [5.74, 6) is -0.583. The van der Waals surface area contributed by atoms with E-state index >= 15 is 0 Å². The van der Waals surface area contributed by atoms with Crippen molar-refractivity contribution in [3.8, 4) is 0 Å². The fourth-order valence-corrected chi connectivity index (χ4v) is 2.43. The molecular weight excluding hydrogens is 242 g/mol. The molecule has 0 aromatic heterocycles. The maximum atomic E-state index is 12.2. The second kappa shape index (κ2) is 5.40. The Bertz CT molecular complexity index is 499. The van der Waals surface area contributed by atoms with Crippen LogP contribution in [0.5, 0.6) is 0 Å². The van der Waals surface area contributed by atoms with Gasteiger partial charge in [-0.25, -0.2) is 0 Å². The smallest absolute Gasteiger partial charge is 0.240 e. The van der Waals surface area contributed by atoms with Crippen LogP contribution in [-0.4, -0.2) is 28.8 Å². The first-order valence-corrected chi connectivity index (χ1v) is 6.40. The molecule has 0 radical (unpaired) electrons. The first kappa shape index (κ1) is 13.5. The van der Waals surface area contributed by atoms with Gasteiger partial charge >= 0.3 is 0 Å². The fourth-order valence-electron chi connectivity index (χ4n) is 2.43. The molecule has 5 nitrogen and oxygen atoms in total. The largest absolute Gasteiger partial charge is 0.368 e. The zero-order valence-corrected chi connectivity index (χ0v) is 11.0. The number of hydrogen-bond donors (Lipinski definition) is 2. The van der Waals surface area contributed by atoms with Crippen molar-refractivity contribution >= 4 is 11.8 Å². The topological polar surface area (TPSA) is 89.4 Å². The summed E-state index contributed by atoms with van der Waals surface area (Å²) >= 11 is 0. The number of amides is 2. The fraction of sp³-hybridized carbons (Fsp3) is 0.429. The summed E-state index contributed by atoms with van der Waals surface area (Å²) in [6, 6.07) is 7.00. The van der Waals surface area contributed by atoms with Crippen LogP contribution in [0, 0.1) is 0 Å². The lowest BCUT2D eigenvalue weighted by Gasteiger charge is -2.35. The lowest BCUT2D eigenvalue weighted by Crippen LogP contribution is -2.51. The van der Waals surface area contributed by atoms with Gasteiger partial charge in [-0.3, -0.25) is 9.59 Å². The molecule has 0 saturated carbocycles. The standard InChI is InChI=1S/C14H19N3O2/c1-9(15)6-13(18)17-8-11-5-3-2-4-10(11)7-12(17)14(16)19/h2-5,9,12H,6-8,15H2,1H3,(H2,16,19)/t9?,12-/m0/s1. The lowest BCUT2D eigenvalue weighted by molar-refractivity contribution is -0.140. The van der Waals surface area contributed by atoms with Gasteiger partial charge in [-0.05, 0) is 18.1 Å². The first-order chi connectivity index (χ1) is 8.99. The molecule has 2 amide bonds. The van der Waals surface area contributed by atoms with Crippen LogP contribution >= 0.6 is 0 Å². The summed E-state index contributed by atoms with van der Waals surface area (Å²) < 4.78 is 0. The van der Waals surface area contributed by atoms with Crippen LogP contribution in [-0.2, 0) is 22.6 Å². The van der Waals surface area contributed by atoms with Crippen molar-refractivity contribution in [3.05, 3.63) is 35.4 Å². The summed E-state index contributed by atoms with van der Waals surface area (Å²) in [6.07, 6.45) is 0.710. The molecule has 5 heteroatoms. The van der Waals surface area contributed by atoms with Crippen molar-refractivity contribution in [2.75, 3.05) is 0 Å². The van der Waals surface area contributed by atoms with E-state index in [1.807, 2.05) is 24.3 Å². The summed E-state index contributed by atoms with van der Waals surface area (Å²) in [5.41, 5.74) is 13.2. The van der Waals surface area contributed by atoms with E-state index < -0.39 is 11.9 Å². The van der Waals surface area contributed by atoms with Gasteiger partial charge in [0.2, 0.25) is 11.8 Å². The molecule has 1 aliphatic heterocycles. The van der Waals surface area contributed by atoms with Crippen LogP contribution in [0.3, 0.4) is 0 Å². The molecule has 4 N–H and O–H groups in total. The SMILES string of the molecule is CC(N)CC(=O)N1Cc2ccccc2C[C@H]1C(N)=O. The number of benzene rings is 1. The normalized spacial score (nSPS) is 19.7. The van der Waals surface area contributed by atoms with Gasteiger partial charge in [-0.1, -0.05) is 24.3 Å². The molecule has 0 bridgehead atoms. The summed E-state index contributed by atoms with van der Waals surface area (Å²) in [4.78, 5) is 25.3. The van der Waals surface area contributed by atoms with Gasteiger partial charge in [0.25, 0.3) is 0 Å². The Morgan fingerprint density at radius 3 is 2.58 bits per heavy atom. The van der Waals surface area contributed by atoms with Crippen molar-refractivity contribution in [3.63, 3.8) is 0 Å². The maximum Gasteiger partial charge on any atom is 0.240 e. The average molecular weight is 261 g/mol. The number of carbonyl (C=O) groups excluding carboxylic acids is 2. The molecular formula is C14H19N3O2. The Balaban J connectivity index is 2.26. The van der Waals surface area contributed by atoms with Crippen molar-refractivity contribution < 1.29 is 9.59 Å². The molecule has 0 spiro atoms. The number of nitrogens with two attached hydrogens (primary N) is 2. The molecule has 19 heavy (non-hydrogen) atoms. The molecule has 0 fully saturated rings. The van der Waals surface area contributed by atoms with Crippen LogP contribution < -0.4 is 11.5 Å². The molecule has 1 aromatic rings. The van der Waals surface area contributed by atoms with Crippen molar-refractivity contribution in [1.29, 1.82) is 0 Å². The molecule has 1 aliphatic rings. The van der Waals surface area contributed by atoms with Gasteiger partial charge in [0, 0.05) is 25.4 Å². The number of fused-ring (bicyclic) bond motifs is 1. The van der Waals surface area contributed by atoms with Gasteiger partial charge in [0.05, 0.1) is 0 Å². The van der Waals surface area contributed by atoms with Crippen LogP contribution in [0.25, 0.3) is 0 Å². The minimum Gasteiger partial charge on any atom is -0.368 e. The summed E-state index contributed by atoms with van der Waals surface area (Å²) in [7, 11) is 0. The van der Waals surface area contributed by atoms with Crippen LogP contribution in [0.4, 0.5) is 0 Å². The van der Waals surface area contributed by atoms with Gasteiger partial charge in [-0.2, -0.15) is 0 Å². The first-order valence-electron chi connectivity index (χ1n) is 6.40. The molecule has 2 atom stereocenters. The van der Waals surface area contributed by atoms with Crippen LogP contribution in [0.2, 0.25) is 0 Å². The second-order valence-electron chi connectivity index (χ2n) is 5.09. The highest BCUT2D eigenvalue weighted by Crippen LogP contribution is 2.23. The molecule has 1 aromatic carbocycles. The second-order valence-corrected chi connectivity index (χ2v) is 5.09. The predicted molar refractivity (Wildman–Crippen MR) is 71.9 cm³/mol. The minimum atomic E-state index is -0.568. The zero-order valence-electron chi connectivity index (χ0n) is 11.0. The van der Waals surface area contributed by atoms with Crippen LogP contribution in [0.15, 0.2) is 24.3 Å². The number of hydrogen-bond acceptors (Lipinski definition) is 3. The highest BCUT2D eigenvalue weighted by atomic mass is 16.2. The van der Waals surface area contributed by atoms with E-state index in [-0.39, 0.29) is 18.4 Å². The van der Waals surface area contributed by atoms with Crippen molar-refractivity contribution in [2.24, 2.45) is 11.5 Å². The Kier molecular flexibility index (Phi) is 3.85. The summed E-state index contributed by atoms with van der Waals surface area (Å²) in [6.45, 7) is 2.20. The molecule has 1 unspecified atom stereocenters. The highest BCUT2D eigenvalue weighted by molar-refractivity contribution is 5.87. The van der Waals surface area contributed by atoms with E-state index in [0.29, 0.717) is 13.0 Å². The maximum absolute atomic E-state index is 12.2. The third-order valence-electron chi connectivity index (χ3n) is 3.39. The number of rotatable bonds is 3. The van der Waals surface area contributed by atoms with Gasteiger partial charge in [0.1, 0.15) is 6.04 Å². The molecule has 2 rings (SSSR count). The van der Waals surface area contributed by atoms with E-state index in [1.54, 1.807) is 11.8 Å². The predicted octanol–water partition coefficient (Wildman–Crippen LogP) is 0.162. The third kappa shape index (κ3) is 2.93. The number of primary amides is 1. The Morgan fingerprint density at radius 1 is 1.37 bits per heavy atom. The van der Waals surface area contributed by atoms with E-state index in [4.69, 9.17) is 11.5 Å². The zero-order chi connectivity index (χ0) is 14.0. The third-order valence-corrected chi connectivity index (χ3v) is 3.39. The summed E-state index contributed by atoms with van der Waals surface area (Å²) in [5, 5.41) is 0. The monoisotopic (exact) mass is 261 g/mol. The Labute approximate surface area is 112 Å². The average Bonchev–Trinajstić information content (AvgIpc) is 2.36. The van der Waals surface area contributed by atoms with Gasteiger partial charge in [-0.15, -0.1) is 0 Å². The van der Waals surface area contributed by atoms with Crippen LogP contribution in [0.1, 0.15) is 24.5 Å². The van der Waals surface area contributed by atoms with E-state index in [1.165, 1.54) is 0 Å². The number of carbonyl (C=O) groups is 2. The highest BCUT2D eigenvalue weighted by Gasteiger charge is 2.33. The number of nitrogens with zero attached hydrogens (tertiary/aromatic N) is 1. The minimum absolute atomic E-state index is 0.117. The van der Waals surface area contributed by atoms with E-state index in [9.17, 15) is 9.59 Å². The van der Waals surface area contributed by atoms with Gasteiger partial charge < -0.3 is 16.4 Å².